The molecule has 2 atom stereocenters. The second kappa shape index (κ2) is 7.11. The van der Waals surface area contributed by atoms with E-state index in [1.165, 1.54) is 25.0 Å². The first-order chi connectivity index (χ1) is 11.1. The van der Waals surface area contributed by atoms with Crippen LogP contribution >= 0.6 is 0 Å². The molecule has 0 aliphatic heterocycles. The Morgan fingerprint density at radius 1 is 1.09 bits per heavy atom. The van der Waals surface area contributed by atoms with Crippen molar-refractivity contribution in [2.75, 3.05) is 6.54 Å². The van der Waals surface area contributed by atoms with Crippen molar-refractivity contribution in [3.8, 4) is 0 Å². The van der Waals surface area contributed by atoms with Crippen LogP contribution < -0.4 is 10.6 Å². The maximum atomic E-state index is 12.9. The van der Waals surface area contributed by atoms with E-state index >= 15 is 0 Å². The van der Waals surface area contributed by atoms with Crippen molar-refractivity contribution in [2.45, 2.75) is 50.5 Å². The molecule has 0 unspecified atom stereocenters. The Hall–Kier alpha value is -1.91. The van der Waals surface area contributed by atoms with E-state index in [1.54, 1.807) is 12.1 Å². The van der Waals surface area contributed by atoms with E-state index < -0.39 is 0 Å². The molecule has 0 saturated heterocycles. The molecule has 0 bridgehead atoms. The fraction of sp³-hybridized carbons (Fsp3) is 0.556. The van der Waals surface area contributed by atoms with Crippen molar-refractivity contribution in [1.82, 2.24) is 10.6 Å². The van der Waals surface area contributed by atoms with Crippen molar-refractivity contribution in [1.29, 1.82) is 0 Å². The standard InChI is InChI=1S/C18H23FN2O2/c19-14-7-5-13(6-8-14)15-10-16(15)21-18(23)11-20-17(22)9-12-3-1-2-4-12/h5-8,12,15-16H,1-4,9-11H2,(H,20,22)(H,21,23)/t15-,16+/m1/s1. The number of halogens is 1. The van der Waals surface area contributed by atoms with Crippen LogP contribution in [0.2, 0.25) is 0 Å². The maximum absolute atomic E-state index is 12.9. The fourth-order valence-corrected chi connectivity index (χ4v) is 3.42. The summed E-state index contributed by atoms with van der Waals surface area (Å²) >= 11 is 0. The molecule has 1 aromatic rings. The lowest BCUT2D eigenvalue weighted by molar-refractivity contribution is -0.126. The number of amides is 2. The summed E-state index contributed by atoms with van der Waals surface area (Å²) in [5, 5.41) is 5.62. The molecule has 23 heavy (non-hydrogen) atoms. The highest BCUT2D eigenvalue weighted by Gasteiger charge is 2.39. The molecule has 4 nitrogen and oxygen atoms in total. The summed E-state index contributed by atoms with van der Waals surface area (Å²) in [5.41, 5.74) is 1.04. The van der Waals surface area contributed by atoms with Gasteiger partial charge in [0.05, 0.1) is 6.54 Å². The van der Waals surface area contributed by atoms with Crippen molar-refractivity contribution < 1.29 is 14.0 Å². The van der Waals surface area contributed by atoms with Crippen LogP contribution in [0.4, 0.5) is 4.39 Å². The Balaban J connectivity index is 1.35. The molecule has 2 fully saturated rings. The largest absolute Gasteiger partial charge is 0.351 e. The Bertz CT molecular complexity index is 567. The van der Waals surface area contributed by atoms with Gasteiger partial charge in [0.15, 0.2) is 0 Å². The molecular formula is C18H23FN2O2. The van der Waals surface area contributed by atoms with E-state index in [4.69, 9.17) is 0 Å². The predicted octanol–water partition coefficient (Wildman–Crippen LogP) is 2.49. The molecule has 1 aromatic carbocycles. The summed E-state index contributed by atoms with van der Waals surface area (Å²) < 4.78 is 12.9. The molecule has 5 heteroatoms. The summed E-state index contributed by atoms with van der Waals surface area (Å²) in [5.74, 6) is 0.315. The van der Waals surface area contributed by atoms with Gasteiger partial charge in [-0.15, -0.1) is 0 Å². The molecule has 2 saturated carbocycles. The molecule has 124 valence electrons. The SMILES string of the molecule is O=C(CC1CCCC1)NCC(=O)N[C@H]1C[C@@H]1c1ccc(F)cc1. The molecular weight excluding hydrogens is 295 g/mol. The second-order valence-electron chi connectivity index (χ2n) is 6.70. The van der Waals surface area contributed by atoms with Gasteiger partial charge in [0.1, 0.15) is 5.82 Å². The van der Waals surface area contributed by atoms with Gasteiger partial charge in [0.25, 0.3) is 0 Å². The number of rotatable bonds is 6. The van der Waals surface area contributed by atoms with Crippen LogP contribution in [-0.2, 0) is 9.59 Å². The zero-order chi connectivity index (χ0) is 16.2. The summed E-state index contributed by atoms with van der Waals surface area (Å²) in [6.45, 7) is 0.0399. The number of carbonyl (C=O) groups excluding carboxylic acids is 2. The van der Waals surface area contributed by atoms with Crippen LogP contribution in [0.25, 0.3) is 0 Å². The number of hydrogen-bond acceptors (Lipinski definition) is 2. The van der Waals surface area contributed by atoms with Gasteiger partial charge in [-0.3, -0.25) is 9.59 Å². The lowest BCUT2D eigenvalue weighted by Gasteiger charge is -2.10. The predicted molar refractivity (Wildman–Crippen MR) is 85.3 cm³/mol. The summed E-state index contributed by atoms with van der Waals surface area (Å²) in [7, 11) is 0. The molecule has 2 aliphatic rings. The van der Waals surface area contributed by atoms with Gasteiger partial charge >= 0.3 is 0 Å². The minimum atomic E-state index is -0.250. The molecule has 3 rings (SSSR count). The average molecular weight is 318 g/mol. The van der Waals surface area contributed by atoms with Crippen LogP contribution in [0.5, 0.6) is 0 Å². The molecule has 0 spiro atoms. The van der Waals surface area contributed by atoms with Crippen LogP contribution in [-0.4, -0.2) is 24.4 Å². The molecule has 2 aliphatic carbocycles. The summed E-state index contributed by atoms with van der Waals surface area (Å²) in [6.07, 6.45) is 6.08. The van der Waals surface area contributed by atoms with Crippen LogP contribution in [0.1, 0.15) is 50.0 Å². The van der Waals surface area contributed by atoms with E-state index in [0.29, 0.717) is 12.3 Å². The second-order valence-corrected chi connectivity index (χ2v) is 6.70. The smallest absolute Gasteiger partial charge is 0.239 e. The van der Waals surface area contributed by atoms with Gasteiger partial charge in [0, 0.05) is 18.4 Å². The molecule has 2 amide bonds. The highest BCUT2D eigenvalue weighted by molar-refractivity contribution is 5.85. The molecule has 0 radical (unpaired) electrons. The average Bonchev–Trinajstić information content (AvgIpc) is 3.09. The van der Waals surface area contributed by atoms with Crippen LogP contribution in [0, 0.1) is 11.7 Å². The summed E-state index contributed by atoms with van der Waals surface area (Å²) in [4.78, 5) is 23.7. The van der Waals surface area contributed by atoms with Crippen molar-refractivity contribution in [3.05, 3.63) is 35.6 Å². The van der Waals surface area contributed by atoms with Gasteiger partial charge in [-0.25, -0.2) is 4.39 Å². The third kappa shape index (κ3) is 4.53. The molecule has 2 N–H and O–H groups in total. The van der Waals surface area contributed by atoms with Gasteiger partial charge in [-0.2, -0.15) is 0 Å². The van der Waals surface area contributed by atoms with E-state index in [0.717, 1.165) is 24.8 Å². The number of benzene rings is 1. The van der Waals surface area contributed by atoms with E-state index in [2.05, 4.69) is 10.6 Å². The highest BCUT2D eigenvalue weighted by Crippen LogP contribution is 2.40. The minimum absolute atomic E-state index is 0.0297. The minimum Gasteiger partial charge on any atom is -0.351 e. The Kier molecular flexibility index (Phi) is 4.94. The van der Waals surface area contributed by atoms with Crippen molar-refractivity contribution in [2.24, 2.45) is 5.92 Å². The van der Waals surface area contributed by atoms with Crippen molar-refractivity contribution >= 4 is 11.8 Å². The first kappa shape index (κ1) is 16.0. The van der Waals surface area contributed by atoms with Crippen LogP contribution in [0.3, 0.4) is 0 Å². The Morgan fingerprint density at radius 2 is 1.78 bits per heavy atom. The zero-order valence-corrected chi connectivity index (χ0v) is 13.2. The number of carbonyl (C=O) groups is 2. The van der Waals surface area contributed by atoms with E-state index in [1.807, 2.05) is 0 Å². The molecule has 0 aromatic heterocycles. The normalized spacial score (nSPS) is 23.5. The van der Waals surface area contributed by atoms with Gasteiger partial charge in [0.2, 0.25) is 11.8 Å². The van der Waals surface area contributed by atoms with Crippen LogP contribution in [0.15, 0.2) is 24.3 Å². The fourth-order valence-electron chi connectivity index (χ4n) is 3.42. The lowest BCUT2D eigenvalue weighted by atomic mass is 10.0. The molecule has 0 heterocycles. The highest BCUT2D eigenvalue weighted by atomic mass is 19.1. The Labute approximate surface area is 135 Å². The maximum Gasteiger partial charge on any atom is 0.239 e. The van der Waals surface area contributed by atoms with Crippen molar-refractivity contribution in [3.63, 3.8) is 0 Å². The van der Waals surface area contributed by atoms with E-state index in [9.17, 15) is 14.0 Å². The topological polar surface area (TPSA) is 58.2 Å². The number of nitrogens with one attached hydrogen (secondary N) is 2. The third-order valence-electron chi connectivity index (χ3n) is 4.83. The number of hydrogen-bond donors (Lipinski definition) is 2. The van der Waals surface area contributed by atoms with Gasteiger partial charge < -0.3 is 10.6 Å². The van der Waals surface area contributed by atoms with Gasteiger partial charge in [-0.05, 0) is 42.9 Å². The first-order valence-electron chi connectivity index (χ1n) is 8.43. The van der Waals surface area contributed by atoms with Gasteiger partial charge in [-0.1, -0.05) is 25.0 Å². The monoisotopic (exact) mass is 318 g/mol. The lowest BCUT2D eigenvalue weighted by Crippen LogP contribution is -2.38. The van der Waals surface area contributed by atoms with E-state index in [-0.39, 0.29) is 36.1 Å². The summed E-state index contributed by atoms with van der Waals surface area (Å²) in [6, 6.07) is 6.50. The third-order valence-corrected chi connectivity index (χ3v) is 4.83. The Morgan fingerprint density at radius 3 is 2.48 bits per heavy atom. The first-order valence-corrected chi connectivity index (χ1v) is 8.43. The zero-order valence-electron chi connectivity index (χ0n) is 13.2. The quantitative estimate of drug-likeness (QED) is 0.846.